The standard InChI is InChI=1S/C39H25N3/c1-3-11-26(12-4-1)30-21-22-33-32(24-30)25-36(35-18-10-9-17-34(33)35)39-41-37(28-14-5-2-6-15-28)40-38(42-39)31-20-19-27-13-7-8-16-29(27)23-31/h1-25H. The van der Waals surface area contributed by atoms with E-state index in [9.17, 15) is 0 Å². The van der Waals surface area contributed by atoms with Crippen LogP contribution in [0.5, 0.6) is 0 Å². The lowest BCUT2D eigenvalue weighted by Crippen LogP contribution is -2.00. The molecule has 0 saturated heterocycles. The van der Waals surface area contributed by atoms with E-state index >= 15 is 0 Å². The van der Waals surface area contributed by atoms with E-state index in [0.717, 1.165) is 32.8 Å². The van der Waals surface area contributed by atoms with Crippen molar-refractivity contribution in [1.29, 1.82) is 0 Å². The molecule has 0 bridgehead atoms. The minimum absolute atomic E-state index is 0.658. The van der Waals surface area contributed by atoms with E-state index in [-0.39, 0.29) is 0 Å². The van der Waals surface area contributed by atoms with E-state index in [0.29, 0.717) is 17.5 Å². The highest BCUT2D eigenvalue weighted by atomic mass is 15.0. The fourth-order valence-electron chi connectivity index (χ4n) is 5.78. The summed E-state index contributed by atoms with van der Waals surface area (Å²) in [7, 11) is 0. The monoisotopic (exact) mass is 535 g/mol. The second-order valence-electron chi connectivity index (χ2n) is 10.5. The molecule has 0 N–H and O–H groups in total. The molecule has 1 heterocycles. The Labute approximate surface area is 243 Å². The summed E-state index contributed by atoms with van der Waals surface area (Å²) in [6, 6.07) is 52.9. The molecule has 1 aromatic heterocycles. The maximum Gasteiger partial charge on any atom is 0.164 e. The molecule has 0 aliphatic carbocycles. The van der Waals surface area contributed by atoms with Gasteiger partial charge in [-0.2, -0.15) is 0 Å². The van der Waals surface area contributed by atoms with E-state index in [1.165, 1.54) is 27.3 Å². The molecule has 3 heteroatoms. The van der Waals surface area contributed by atoms with Crippen LogP contribution < -0.4 is 0 Å². The van der Waals surface area contributed by atoms with E-state index < -0.39 is 0 Å². The zero-order valence-electron chi connectivity index (χ0n) is 22.8. The van der Waals surface area contributed by atoms with Crippen LogP contribution in [-0.4, -0.2) is 15.0 Å². The van der Waals surface area contributed by atoms with Gasteiger partial charge in [-0.15, -0.1) is 0 Å². The summed E-state index contributed by atoms with van der Waals surface area (Å²) in [5, 5.41) is 7.00. The molecule has 8 rings (SSSR count). The maximum absolute atomic E-state index is 5.12. The van der Waals surface area contributed by atoms with Gasteiger partial charge in [-0.1, -0.05) is 133 Å². The molecule has 42 heavy (non-hydrogen) atoms. The Morgan fingerprint density at radius 1 is 0.286 bits per heavy atom. The summed E-state index contributed by atoms with van der Waals surface area (Å²) in [6.07, 6.45) is 0. The largest absolute Gasteiger partial charge is 0.208 e. The minimum Gasteiger partial charge on any atom is -0.208 e. The van der Waals surface area contributed by atoms with Crippen LogP contribution in [0.3, 0.4) is 0 Å². The molecule has 0 unspecified atom stereocenters. The van der Waals surface area contributed by atoms with Crippen LogP contribution in [-0.2, 0) is 0 Å². The van der Waals surface area contributed by atoms with Gasteiger partial charge < -0.3 is 0 Å². The number of hydrogen-bond donors (Lipinski definition) is 0. The topological polar surface area (TPSA) is 38.7 Å². The number of aromatic nitrogens is 3. The molecule has 0 spiro atoms. The summed E-state index contributed by atoms with van der Waals surface area (Å²) in [5.74, 6) is 1.98. The fourth-order valence-corrected chi connectivity index (χ4v) is 5.78. The van der Waals surface area contributed by atoms with Gasteiger partial charge in [0.1, 0.15) is 0 Å². The second-order valence-corrected chi connectivity index (χ2v) is 10.5. The van der Waals surface area contributed by atoms with Gasteiger partial charge in [-0.05, 0) is 61.6 Å². The van der Waals surface area contributed by atoms with Gasteiger partial charge in [0.25, 0.3) is 0 Å². The van der Waals surface area contributed by atoms with Gasteiger partial charge in [0.15, 0.2) is 17.5 Å². The smallest absolute Gasteiger partial charge is 0.164 e. The Kier molecular flexibility index (Phi) is 5.79. The van der Waals surface area contributed by atoms with Crippen LogP contribution in [0.4, 0.5) is 0 Å². The Balaban J connectivity index is 1.39. The lowest BCUT2D eigenvalue weighted by atomic mass is 9.94. The molecule has 0 aliphatic heterocycles. The zero-order chi connectivity index (χ0) is 27.9. The van der Waals surface area contributed by atoms with Gasteiger partial charge in [-0.3, -0.25) is 0 Å². The maximum atomic E-state index is 5.12. The Hall–Kier alpha value is -5.67. The van der Waals surface area contributed by atoms with E-state index in [4.69, 9.17) is 15.0 Å². The predicted molar refractivity (Wildman–Crippen MR) is 174 cm³/mol. The molecule has 0 saturated carbocycles. The van der Waals surface area contributed by atoms with Gasteiger partial charge in [-0.25, -0.2) is 15.0 Å². The molecule has 0 amide bonds. The molecule has 196 valence electrons. The fraction of sp³-hybridized carbons (Fsp3) is 0. The molecule has 0 atom stereocenters. The van der Waals surface area contributed by atoms with Crippen molar-refractivity contribution in [2.75, 3.05) is 0 Å². The van der Waals surface area contributed by atoms with Crippen LogP contribution in [0.15, 0.2) is 152 Å². The summed E-state index contributed by atoms with van der Waals surface area (Å²) in [6.45, 7) is 0. The van der Waals surface area contributed by atoms with Crippen LogP contribution >= 0.6 is 0 Å². The first-order chi connectivity index (χ1) is 20.8. The lowest BCUT2D eigenvalue weighted by Gasteiger charge is -2.13. The second kappa shape index (κ2) is 10.1. The number of hydrogen-bond acceptors (Lipinski definition) is 3. The molecule has 0 radical (unpaired) electrons. The summed E-state index contributed by atoms with van der Waals surface area (Å²) < 4.78 is 0. The number of nitrogens with zero attached hydrogens (tertiary/aromatic N) is 3. The third-order valence-electron chi connectivity index (χ3n) is 7.88. The summed E-state index contributed by atoms with van der Waals surface area (Å²) in [5.41, 5.74) is 5.29. The minimum atomic E-state index is 0.658. The molecule has 7 aromatic carbocycles. The first kappa shape index (κ1) is 24.2. The highest BCUT2D eigenvalue weighted by molar-refractivity contribution is 6.14. The van der Waals surface area contributed by atoms with Crippen LogP contribution in [0.25, 0.3) is 77.6 Å². The third-order valence-corrected chi connectivity index (χ3v) is 7.88. The first-order valence-corrected chi connectivity index (χ1v) is 14.1. The Morgan fingerprint density at radius 3 is 1.64 bits per heavy atom. The van der Waals surface area contributed by atoms with Crippen molar-refractivity contribution in [2.45, 2.75) is 0 Å². The van der Waals surface area contributed by atoms with E-state index in [2.05, 4.69) is 115 Å². The van der Waals surface area contributed by atoms with Crippen molar-refractivity contribution in [3.8, 4) is 45.3 Å². The van der Waals surface area contributed by atoms with Crippen molar-refractivity contribution < 1.29 is 0 Å². The molecular weight excluding hydrogens is 510 g/mol. The van der Waals surface area contributed by atoms with Crippen LogP contribution in [0.2, 0.25) is 0 Å². The van der Waals surface area contributed by atoms with Crippen molar-refractivity contribution in [3.63, 3.8) is 0 Å². The number of fused-ring (bicyclic) bond motifs is 4. The average molecular weight is 536 g/mol. The lowest BCUT2D eigenvalue weighted by molar-refractivity contribution is 1.08. The molecule has 3 nitrogen and oxygen atoms in total. The number of benzene rings is 7. The summed E-state index contributed by atoms with van der Waals surface area (Å²) in [4.78, 5) is 15.2. The van der Waals surface area contributed by atoms with Crippen LogP contribution in [0.1, 0.15) is 0 Å². The third kappa shape index (κ3) is 4.29. The van der Waals surface area contributed by atoms with E-state index in [1.54, 1.807) is 0 Å². The van der Waals surface area contributed by atoms with Crippen molar-refractivity contribution in [2.24, 2.45) is 0 Å². The zero-order valence-corrected chi connectivity index (χ0v) is 22.8. The summed E-state index contributed by atoms with van der Waals surface area (Å²) >= 11 is 0. The van der Waals surface area contributed by atoms with Crippen molar-refractivity contribution >= 4 is 32.3 Å². The van der Waals surface area contributed by atoms with Gasteiger partial charge >= 0.3 is 0 Å². The quantitative estimate of drug-likeness (QED) is 0.211. The van der Waals surface area contributed by atoms with Crippen molar-refractivity contribution in [1.82, 2.24) is 15.0 Å². The molecule has 8 aromatic rings. The SMILES string of the molecule is c1ccc(-c2ccc3c(c2)cc(-c2nc(-c4ccccc4)nc(-c4ccc5ccccc5c4)n2)c2ccccc23)cc1. The molecular formula is C39H25N3. The molecule has 0 fully saturated rings. The highest BCUT2D eigenvalue weighted by Gasteiger charge is 2.16. The average Bonchev–Trinajstić information content (AvgIpc) is 3.08. The first-order valence-electron chi connectivity index (χ1n) is 14.1. The van der Waals surface area contributed by atoms with Crippen LogP contribution in [0, 0.1) is 0 Å². The molecule has 0 aliphatic rings. The highest BCUT2D eigenvalue weighted by Crippen LogP contribution is 2.37. The van der Waals surface area contributed by atoms with Gasteiger partial charge in [0, 0.05) is 16.7 Å². The number of rotatable bonds is 4. The Morgan fingerprint density at radius 2 is 0.857 bits per heavy atom. The van der Waals surface area contributed by atoms with Gasteiger partial charge in [0.05, 0.1) is 0 Å². The Bertz CT molecular complexity index is 2240. The van der Waals surface area contributed by atoms with E-state index in [1.807, 2.05) is 36.4 Å². The van der Waals surface area contributed by atoms with Gasteiger partial charge in [0.2, 0.25) is 0 Å². The normalized spacial score (nSPS) is 11.3. The van der Waals surface area contributed by atoms with Crippen molar-refractivity contribution in [3.05, 3.63) is 152 Å². The predicted octanol–water partition coefficient (Wildman–Crippen LogP) is 10.00.